The number of para-hydroxylation sites is 2. The zero-order chi connectivity index (χ0) is 21.6. The highest BCUT2D eigenvalue weighted by atomic mass is 32.2. The van der Waals surface area contributed by atoms with Crippen LogP contribution < -0.4 is 14.6 Å². The highest BCUT2D eigenvalue weighted by molar-refractivity contribution is 7.89. The molecule has 7 nitrogen and oxygen atoms in total. The van der Waals surface area contributed by atoms with Gasteiger partial charge in [-0.2, -0.15) is 0 Å². The first-order valence-corrected chi connectivity index (χ1v) is 11.8. The Hall–Kier alpha value is -2.58. The smallest absolute Gasteiger partial charge is 0.238 e. The van der Waals surface area contributed by atoms with E-state index in [2.05, 4.69) is 11.5 Å². The zero-order valence-corrected chi connectivity index (χ0v) is 18.3. The Balaban J connectivity index is 1.74. The van der Waals surface area contributed by atoms with E-state index < -0.39 is 10.0 Å². The quantitative estimate of drug-likeness (QED) is 0.465. The minimum Gasteiger partial charge on any atom is -0.490 e. The van der Waals surface area contributed by atoms with Gasteiger partial charge in [0.1, 0.15) is 5.82 Å². The molecule has 1 aromatic heterocycles. The highest BCUT2D eigenvalue weighted by Gasteiger charge is 2.15. The van der Waals surface area contributed by atoms with E-state index in [1.165, 1.54) is 0 Å². The molecule has 0 atom stereocenters. The number of hydrogen-bond donors (Lipinski definition) is 1. The molecule has 0 saturated heterocycles. The van der Waals surface area contributed by atoms with Crippen molar-refractivity contribution in [3.63, 3.8) is 0 Å². The fourth-order valence-electron chi connectivity index (χ4n) is 3.35. The van der Waals surface area contributed by atoms with Crippen molar-refractivity contribution < 1.29 is 17.9 Å². The number of unbranched alkanes of at least 4 members (excludes halogenated alkanes) is 1. The third-order valence-electron chi connectivity index (χ3n) is 4.81. The van der Waals surface area contributed by atoms with Crippen molar-refractivity contribution in [1.82, 2.24) is 9.55 Å². The average Bonchev–Trinajstić information content (AvgIpc) is 3.07. The number of aromatic nitrogens is 2. The Labute approximate surface area is 177 Å². The maximum atomic E-state index is 11.7. The Kier molecular flexibility index (Phi) is 7.33. The minimum atomic E-state index is -3.76. The lowest BCUT2D eigenvalue weighted by atomic mass is 10.2. The van der Waals surface area contributed by atoms with E-state index in [0.717, 1.165) is 55.1 Å². The van der Waals surface area contributed by atoms with Gasteiger partial charge >= 0.3 is 0 Å². The fourth-order valence-corrected chi connectivity index (χ4v) is 3.88. The summed E-state index contributed by atoms with van der Waals surface area (Å²) in [5, 5.41) is 5.27. The minimum absolute atomic E-state index is 0.0811. The maximum Gasteiger partial charge on any atom is 0.238 e. The second-order valence-electron chi connectivity index (χ2n) is 7.06. The van der Waals surface area contributed by atoms with Gasteiger partial charge in [0.25, 0.3) is 0 Å². The average molecular weight is 432 g/mol. The van der Waals surface area contributed by atoms with E-state index in [0.29, 0.717) is 18.7 Å². The summed E-state index contributed by atoms with van der Waals surface area (Å²) in [6, 6.07) is 12.5. The highest BCUT2D eigenvalue weighted by Crippen LogP contribution is 2.27. The normalized spacial score (nSPS) is 11.7. The van der Waals surface area contributed by atoms with Crippen molar-refractivity contribution in [2.75, 3.05) is 13.2 Å². The number of ether oxygens (including phenoxy) is 2. The fraction of sp³-hybridized carbons (Fsp3) is 0.409. The molecule has 0 amide bonds. The molecule has 0 aliphatic carbocycles. The summed E-state index contributed by atoms with van der Waals surface area (Å²) in [6.45, 7) is 6.04. The number of fused-ring (bicyclic) bond motifs is 1. The summed E-state index contributed by atoms with van der Waals surface area (Å²) in [7, 11) is -3.76. The van der Waals surface area contributed by atoms with Crippen LogP contribution in [0.5, 0.6) is 11.5 Å². The molecule has 0 aliphatic heterocycles. The summed E-state index contributed by atoms with van der Waals surface area (Å²) in [5.74, 6) is 2.40. The van der Waals surface area contributed by atoms with E-state index in [1.54, 1.807) is 18.2 Å². The van der Waals surface area contributed by atoms with Gasteiger partial charge in [-0.3, -0.25) is 0 Å². The van der Waals surface area contributed by atoms with Crippen LogP contribution in [0, 0.1) is 0 Å². The number of nitrogens with two attached hydrogens (primary N) is 1. The van der Waals surface area contributed by atoms with E-state index in [9.17, 15) is 8.42 Å². The van der Waals surface area contributed by atoms with Crippen LogP contribution in [0.1, 0.15) is 38.9 Å². The number of rotatable bonds is 11. The van der Waals surface area contributed by atoms with Crippen molar-refractivity contribution in [3.8, 4) is 11.5 Å². The van der Waals surface area contributed by atoms with E-state index in [4.69, 9.17) is 19.6 Å². The molecule has 2 aromatic carbocycles. The molecule has 3 rings (SSSR count). The van der Waals surface area contributed by atoms with Gasteiger partial charge < -0.3 is 14.0 Å². The van der Waals surface area contributed by atoms with Gasteiger partial charge in [0.2, 0.25) is 10.0 Å². The lowest BCUT2D eigenvalue weighted by Gasteiger charge is -2.12. The van der Waals surface area contributed by atoms with Crippen molar-refractivity contribution >= 4 is 21.1 Å². The van der Waals surface area contributed by atoms with Gasteiger partial charge in [-0.15, -0.1) is 0 Å². The first-order valence-electron chi connectivity index (χ1n) is 10.3. The van der Waals surface area contributed by atoms with E-state index in [1.807, 2.05) is 31.2 Å². The van der Waals surface area contributed by atoms with Crippen molar-refractivity contribution in [3.05, 3.63) is 48.3 Å². The molecule has 3 aromatic rings. The predicted octanol–water partition coefficient (Wildman–Crippen LogP) is 3.89. The monoisotopic (exact) mass is 431 g/mol. The molecule has 0 unspecified atom stereocenters. The van der Waals surface area contributed by atoms with Crippen molar-refractivity contribution in [2.45, 2.75) is 51.0 Å². The summed E-state index contributed by atoms with van der Waals surface area (Å²) >= 11 is 0. The number of aryl methyl sites for hydroxylation is 2. The van der Waals surface area contributed by atoms with Gasteiger partial charge in [0.15, 0.2) is 11.5 Å². The number of primary sulfonamides is 1. The second kappa shape index (κ2) is 9.95. The third-order valence-corrected chi connectivity index (χ3v) is 5.72. The standard InChI is InChI=1S/C22H29N3O4S/c1-3-5-14-25-19-13-12-17(30(23,26)27)16-18(19)24-22(25)11-8-15-29-21-10-7-6-9-20(21)28-4-2/h6-7,9-10,12-13,16H,3-5,8,11,14-15H2,1-2H3,(H2,23,26,27). The summed E-state index contributed by atoms with van der Waals surface area (Å²) in [4.78, 5) is 4.78. The molecular weight excluding hydrogens is 402 g/mol. The van der Waals surface area contributed by atoms with Gasteiger partial charge in [-0.05, 0) is 50.1 Å². The molecule has 0 spiro atoms. The third kappa shape index (κ3) is 5.31. The van der Waals surface area contributed by atoms with Crippen LogP contribution in [0.25, 0.3) is 11.0 Å². The summed E-state index contributed by atoms with van der Waals surface area (Å²) in [5.41, 5.74) is 1.57. The number of benzene rings is 2. The van der Waals surface area contributed by atoms with Crippen LogP contribution in [0.2, 0.25) is 0 Å². The van der Waals surface area contributed by atoms with Crippen LogP contribution >= 0.6 is 0 Å². The summed E-state index contributed by atoms with van der Waals surface area (Å²) < 4.78 is 37.0. The van der Waals surface area contributed by atoms with E-state index in [-0.39, 0.29) is 4.90 Å². The van der Waals surface area contributed by atoms with Gasteiger partial charge in [0, 0.05) is 13.0 Å². The van der Waals surface area contributed by atoms with Crippen LogP contribution in [0.15, 0.2) is 47.4 Å². The van der Waals surface area contributed by atoms with Gasteiger partial charge in [-0.25, -0.2) is 18.5 Å². The topological polar surface area (TPSA) is 96.4 Å². The van der Waals surface area contributed by atoms with Crippen LogP contribution in [0.4, 0.5) is 0 Å². The van der Waals surface area contributed by atoms with Crippen LogP contribution in [0.3, 0.4) is 0 Å². The lowest BCUT2D eigenvalue weighted by Crippen LogP contribution is -2.11. The van der Waals surface area contributed by atoms with Gasteiger partial charge in [0.05, 0.1) is 29.1 Å². The Morgan fingerprint density at radius 1 is 1.03 bits per heavy atom. The van der Waals surface area contributed by atoms with E-state index >= 15 is 0 Å². The molecule has 162 valence electrons. The van der Waals surface area contributed by atoms with Crippen molar-refractivity contribution in [1.29, 1.82) is 0 Å². The van der Waals surface area contributed by atoms with Crippen molar-refractivity contribution in [2.24, 2.45) is 5.14 Å². The number of hydrogen-bond acceptors (Lipinski definition) is 5. The molecule has 0 radical (unpaired) electrons. The largest absolute Gasteiger partial charge is 0.490 e. The Morgan fingerprint density at radius 2 is 1.77 bits per heavy atom. The first-order chi connectivity index (χ1) is 14.4. The lowest BCUT2D eigenvalue weighted by molar-refractivity contribution is 0.272. The van der Waals surface area contributed by atoms with Crippen LogP contribution in [-0.4, -0.2) is 31.2 Å². The molecule has 8 heteroatoms. The second-order valence-corrected chi connectivity index (χ2v) is 8.62. The molecule has 2 N–H and O–H groups in total. The first kappa shape index (κ1) is 22.1. The number of sulfonamides is 1. The molecule has 30 heavy (non-hydrogen) atoms. The molecular formula is C22H29N3O4S. The van der Waals surface area contributed by atoms with Crippen LogP contribution in [-0.2, 0) is 23.0 Å². The Morgan fingerprint density at radius 3 is 2.43 bits per heavy atom. The molecule has 0 bridgehead atoms. The maximum absolute atomic E-state index is 11.7. The predicted molar refractivity (Wildman–Crippen MR) is 117 cm³/mol. The number of nitrogens with zero attached hydrogens (tertiary/aromatic N) is 2. The SMILES string of the molecule is CCCCn1c(CCCOc2ccccc2OCC)nc2cc(S(N)(=O)=O)ccc21. The molecule has 0 saturated carbocycles. The molecule has 1 heterocycles. The summed E-state index contributed by atoms with van der Waals surface area (Å²) in [6.07, 6.45) is 3.58. The number of imidazole rings is 1. The zero-order valence-electron chi connectivity index (χ0n) is 17.5. The molecule has 0 fully saturated rings. The Bertz CT molecular complexity index is 1090. The van der Waals surface area contributed by atoms with Gasteiger partial charge in [-0.1, -0.05) is 25.5 Å². The molecule has 0 aliphatic rings.